The molecule has 8 aromatic rings. The molecule has 0 bridgehead atoms. The zero-order chi connectivity index (χ0) is 39.6. The van der Waals surface area contributed by atoms with Gasteiger partial charge in [0.15, 0.2) is 6.23 Å². The maximum atomic E-state index is 9.21. The quantitative estimate of drug-likeness (QED) is 0.122. The van der Waals surface area contributed by atoms with Gasteiger partial charge >= 0.3 is 0 Å². The molecule has 0 fully saturated rings. The van der Waals surface area contributed by atoms with Crippen LogP contribution in [0.1, 0.15) is 48.2 Å². The van der Waals surface area contributed by atoms with E-state index in [-0.39, 0.29) is 6.23 Å². The minimum atomic E-state index is -0.308. The van der Waals surface area contributed by atoms with E-state index in [1.54, 1.807) is 12.2 Å². The van der Waals surface area contributed by atoms with Gasteiger partial charge in [0.25, 0.3) is 0 Å². The molecule has 1 aliphatic rings. The van der Waals surface area contributed by atoms with Gasteiger partial charge in [0, 0.05) is 11.1 Å². The molecule has 8 aromatic carbocycles. The maximum absolute atomic E-state index is 9.21. The lowest BCUT2D eigenvalue weighted by molar-refractivity contribution is 0.260. The molecule has 0 aromatic heterocycles. The highest BCUT2D eigenvalue weighted by atomic mass is 16.5. The fourth-order valence-electron chi connectivity index (χ4n) is 7.97. The monoisotopic (exact) mass is 749 g/mol. The third-order valence-corrected chi connectivity index (χ3v) is 11.1. The summed E-state index contributed by atoms with van der Waals surface area (Å²) >= 11 is 0. The third kappa shape index (κ3) is 7.13. The van der Waals surface area contributed by atoms with E-state index >= 15 is 0 Å². The Morgan fingerprint density at radius 3 is 2.05 bits per heavy atom. The highest BCUT2D eigenvalue weighted by molar-refractivity contribution is 6.17. The highest BCUT2D eigenvalue weighted by Gasteiger charge is 2.25. The number of hydrogen-bond acceptors (Lipinski definition) is 4. The van der Waals surface area contributed by atoms with Crippen molar-refractivity contribution in [2.45, 2.75) is 26.0 Å². The number of benzene rings is 8. The smallest absolute Gasteiger partial charge is 0.196 e. The molecular weight excluding hydrogens is 707 g/mol. The van der Waals surface area contributed by atoms with E-state index in [0.717, 1.165) is 77.8 Å². The Hall–Kier alpha value is -7.30. The minimum Gasteiger partial charge on any atom is -0.464 e. The summed E-state index contributed by atoms with van der Waals surface area (Å²) in [4.78, 5) is 0. The van der Waals surface area contributed by atoms with E-state index in [2.05, 4.69) is 153 Å². The molecule has 4 heteroatoms. The van der Waals surface area contributed by atoms with Crippen molar-refractivity contribution in [1.29, 1.82) is 10.8 Å². The van der Waals surface area contributed by atoms with E-state index in [4.69, 9.17) is 10.1 Å². The zero-order valence-corrected chi connectivity index (χ0v) is 32.5. The fraction of sp³-hybridized carbons (Fsp3) is 0.0741. The molecule has 1 heterocycles. The predicted molar refractivity (Wildman–Crippen MR) is 242 cm³/mol. The summed E-state index contributed by atoms with van der Waals surface area (Å²) in [6.07, 6.45) is 3.14. The second-order valence-corrected chi connectivity index (χ2v) is 15.1. The van der Waals surface area contributed by atoms with Crippen LogP contribution in [0.3, 0.4) is 0 Å². The van der Waals surface area contributed by atoms with Crippen LogP contribution in [-0.2, 0) is 0 Å². The summed E-state index contributed by atoms with van der Waals surface area (Å²) in [5, 5.41) is 23.8. The van der Waals surface area contributed by atoms with Crippen molar-refractivity contribution in [3.05, 3.63) is 216 Å². The molecule has 3 N–H and O–H groups in total. The van der Waals surface area contributed by atoms with Crippen molar-refractivity contribution in [2.24, 2.45) is 0 Å². The van der Waals surface area contributed by atoms with Crippen LogP contribution in [0.15, 0.2) is 194 Å². The lowest BCUT2D eigenvalue weighted by atomic mass is 9.84. The van der Waals surface area contributed by atoms with E-state index < -0.39 is 0 Å². The number of allylic oxidation sites excluding steroid dienone is 2. The minimum absolute atomic E-state index is 0.308. The Kier molecular flexibility index (Phi) is 9.83. The number of anilines is 1. The summed E-state index contributed by atoms with van der Waals surface area (Å²) in [5.41, 5.74) is 14.4. The molecule has 1 aliphatic heterocycles. The molecule has 9 rings (SSSR count). The van der Waals surface area contributed by atoms with Crippen LogP contribution in [0.5, 0.6) is 5.75 Å². The molecule has 0 saturated heterocycles. The largest absolute Gasteiger partial charge is 0.464 e. The molecule has 1 unspecified atom stereocenters. The van der Waals surface area contributed by atoms with Crippen LogP contribution < -0.4 is 10.1 Å². The van der Waals surface area contributed by atoms with Gasteiger partial charge in [-0.2, -0.15) is 0 Å². The summed E-state index contributed by atoms with van der Waals surface area (Å²) in [6.45, 7) is 4.44. The summed E-state index contributed by atoms with van der Waals surface area (Å²) in [5.74, 6) is 1.32. The van der Waals surface area contributed by atoms with Gasteiger partial charge in [0.1, 0.15) is 5.75 Å². The van der Waals surface area contributed by atoms with Gasteiger partial charge in [-0.15, -0.1) is 0 Å². The molecule has 0 amide bonds. The average molecular weight is 750 g/mol. The molecular formula is C54H43N3O. The number of rotatable bonds is 10. The van der Waals surface area contributed by atoms with Gasteiger partial charge in [-0.25, -0.2) is 0 Å². The van der Waals surface area contributed by atoms with E-state index in [1.165, 1.54) is 11.1 Å². The highest BCUT2D eigenvalue weighted by Crippen LogP contribution is 2.46. The predicted octanol–water partition coefficient (Wildman–Crippen LogP) is 14.1. The Labute approximate surface area is 340 Å². The van der Waals surface area contributed by atoms with E-state index in [0.29, 0.717) is 17.3 Å². The van der Waals surface area contributed by atoms with Crippen molar-refractivity contribution in [2.75, 3.05) is 5.32 Å². The van der Waals surface area contributed by atoms with Crippen molar-refractivity contribution < 1.29 is 4.74 Å². The first-order valence-electron chi connectivity index (χ1n) is 19.8. The molecule has 280 valence electrons. The fourth-order valence-corrected chi connectivity index (χ4v) is 7.97. The van der Waals surface area contributed by atoms with Crippen LogP contribution in [0, 0.1) is 10.8 Å². The van der Waals surface area contributed by atoms with Crippen LogP contribution in [0.25, 0.3) is 55.3 Å². The topological polar surface area (TPSA) is 69.0 Å². The number of ether oxygens (including phenoxy) is 1. The Morgan fingerprint density at radius 1 is 0.552 bits per heavy atom. The number of fused-ring (bicyclic) bond motifs is 2. The van der Waals surface area contributed by atoms with Crippen LogP contribution in [-0.4, -0.2) is 11.4 Å². The first-order chi connectivity index (χ1) is 28.4. The molecule has 0 saturated carbocycles. The second-order valence-electron chi connectivity index (χ2n) is 15.1. The molecule has 4 nitrogen and oxygen atoms in total. The zero-order valence-electron chi connectivity index (χ0n) is 32.5. The van der Waals surface area contributed by atoms with Crippen LogP contribution in [0.4, 0.5) is 5.69 Å². The standard InChI is InChI=1S/C54H43N3O/c1-35(2)36-23-25-37(26-24-36)40-16-12-17-42(33-40)54-57-51-34-41(28-32-52(51)58-54)43-18-8-11-22-47(43)53-44-19-7-6-13-38(44)27-29-48(53)45-20-9-10-21-46(45)50(56)31-30-49(55)39-14-4-3-5-15-39/h3-35,54-57H,1-2H3/b31-30-,55-49?,56-50?. The van der Waals surface area contributed by atoms with Crippen molar-refractivity contribution >= 4 is 27.9 Å². The number of nitrogens with one attached hydrogen (secondary N) is 3. The number of hydrogen-bond donors (Lipinski definition) is 3. The average Bonchev–Trinajstić information content (AvgIpc) is 3.72. The Bertz CT molecular complexity index is 2850. The molecule has 0 spiro atoms. The lowest BCUT2D eigenvalue weighted by Gasteiger charge is -2.19. The molecule has 0 aliphatic carbocycles. The van der Waals surface area contributed by atoms with Gasteiger partial charge in [0.05, 0.1) is 17.1 Å². The van der Waals surface area contributed by atoms with Gasteiger partial charge in [-0.05, 0) is 103 Å². The van der Waals surface area contributed by atoms with Gasteiger partial charge in [0.2, 0.25) is 0 Å². The van der Waals surface area contributed by atoms with Crippen LogP contribution >= 0.6 is 0 Å². The molecule has 58 heavy (non-hydrogen) atoms. The summed E-state index contributed by atoms with van der Waals surface area (Å²) in [6, 6.07) is 63.1. The SMILES string of the molecule is CC(C)c1ccc(-c2cccc(C3Nc4cc(-c5ccccc5-c5c(-c6ccccc6C(=N)/C=C\C(=N)c6ccccc6)ccc6ccccc56)ccc4O3)c2)cc1. The first kappa shape index (κ1) is 36.3. The molecule has 1 atom stereocenters. The third-order valence-electron chi connectivity index (χ3n) is 11.1. The first-order valence-corrected chi connectivity index (χ1v) is 19.8. The van der Waals surface area contributed by atoms with Gasteiger partial charge in [-0.1, -0.05) is 178 Å². The Balaban J connectivity index is 1.07. The van der Waals surface area contributed by atoms with Crippen LogP contribution in [0.2, 0.25) is 0 Å². The maximum Gasteiger partial charge on any atom is 0.196 e. The van der Waals surface area contributed by atoms with Gasteiger partial charge < -0.3 is 20.9 Å². The Morgan fingerprint density at radius 2 is 1.24 bits per heavy atom. The lowest BCUT2D eigenvalue weighted by Crippen LogP contribution is -2.10. The summed E-state index contributed by atoms with van der Waals surface area (Å²) in [7, 11) is 0. The van der Waals surface area contributed by atoms with Crippen molar-refractivity contribution in [3.63, 3.8) is 0 Å². The van der Waals surface area contributed by atoms with E-state index in [1.807, 2.05) is 48.5 Å². The van der Waals surface area contributed by atoms with E-state index in [9.17, 15) is 5.41 Å². The second kappa shape index (κ2) is 15.7. The van der Waals surface area contributed by atoms with Crippen molar-refractivity contribution in [3.8, 4) is 50.3 Å². The van der Waals surface area contributed by atoms with Gasteiger partial charge in [-0.3, -0.25) is 0 Å². The summed E-state index contributed by atoms with van der Waals surface area (Å²) < 4.78 is 6.52. The normalized spacial score (nSPS) is 13.3. The van der Waals surface area contributed by atoms with Crippen molar-refractivity contribution in [1.82, 2.24) is 0 Å². The molecule has 0 radical (unpaired) electrons.